The van der Waals surface area contributed by atoms with Crippen molar-refractivity contribution >= 4 is 22.8 Å². The summed E-state index contributed by atoms with van der Waals surface area (Å²) in [7, 11) is 3.88. The molecule has 1 aromatic carbocycles. The number of carbonyl (C=O) groups excluding carboxylic acids is 1. The number of likely N-dealkylation sites (N-methyl/N-ethyl adjacent to an activating group) is 1. The molecule has 5 heteroatoms. The summed E-state index contributed by atoms with van der Waals surface area (Å²) in [5, 5.41) is 0. The van der Waals surface area contributed by atoms with Gasteiger partial charge in [-0.1, -0.05) is 32.1 Å². The second kappa shape index (κ2) is 10.3. The van der Waals surface area contributed by atoms with Crippen molar-refractivity contribution in [2.75, 3.05) is 40.3 Å². The van der Waals surface area contributed by atoms with Crippen LogP contribution in [0.25, 0.3) is 16.0 Å². The molecule has 1 fully saturated rings. The van der Waals surface area contributed by atoms with Crippen molar-refractivity contribution in [2.45, 2.75) is 40.0 Å². The molecule has 0 atom stereocenters. The lowest BCUT2D eigenvalue weighted by Crippen LogP contribution is -2.27. The molecule has 4 nitrogen and oxygen atoms in total. The molecule has 0 spiro atoms. The average molecular weight is 427 g/mol. The summed E-state index contributed by atoms with van der Waals surface area (Å²) in [6.07, 6.45) is 5.57. The summed E-state index contributed by atoms with van der Waals surface area (Å²) in [5.74, 6) is 1.10. The van der Waals surface area contributed by atoms with Gasteiger partial charge >= 0.3 is 0 Å². The number of hydrogen-bond donors (Lipinski definition) is 0. The minimum absolute atomic E-state index is 0.186. The number of hydrogen-bond acceptors (Lipinski definition) is 4. The van der Waals surface area contributed by atoms with E-state index in [0.29, 0.717) is 0 Å². The smallest absolute Gasteiger partial charge is 0.264 e. The summed E-state index contributed by atoms with van der Waals surface area (Å²) < 4.78 is 5.73. The average Bonchev–Trinajstić information content (AvgIpc) is 3.45. The van der Waals surface area contributed by atoms with Gasteiger partial charge in [-0.2, -0.15) is 0 Å². The van der Waals surface area contributed by atoms with Crippen molar-refractivity contribution < 1.29 is 9.53 Å². The molecule has 30 heavy (non-hydrogen) atoms. The molecule has 0 bridgehead atoms. The van der Waals surface area contributed by atoms with E-state index < -0.39 is 0 Å². The van der Waals surface area contributed by atoms with Crippen molar-refractivity contribution in [3.63, 3.8) is 0 Å². The number of nitrogens with zero attached hydrogens (tertiary/aromatic N) is 2. The van der Waals surface area contributed by atoms with Gasteiger partial charge in [-0.3, -0.25) is 4.79 Å². The predicted molar refractivity (Wildman–Crippen MR) is 128 cm³/mol. The first-order chi connectivity index (χ1) is 14.6. The molecule has 2 aliphatic heterocycles. The minimum atomic E-state index is 0.186. The highest BCUT2D eigenvalue weighted by molar-refractivity contribution is 7.17. The Morgan fingerprint density at radius 3 is 2.47 bits per heavy atom. The Hall–Kier alpha value is -2.11. The van der Waals surface area contributed by atoms with Gasteiger partial charge in [-0.15, -0.1) is 11.3 Å². The van der Waals surface area contributed by atoms with Gasteiger partial charge in [0.05, 0.1) is 12.0 Å². The number of rotatable bonds is 4. The minimum Gasteiger partial charge on any atom is -0.496 e. The highest BCUT2D eigenvalue weighted by atomic mass is 32.1. The molecule has 1 saturated heterocycles. The largest absolute Gasteiger partial charge is 0.496 e. The summed E-state index contributed by atoms with van der Waals surface area (Å²) in [6, 6.07) is 8.58. The van der Waals surface area contributed by atoms with Gasteiger partial charge in [0.1, 0.15) is 5.75 Å². The second-order valence-electron chi connectivity index (χ2n) is 7.78. The van der Waals surface area contributed by atoms with Crippen LogP contribution in [0.1, 0.15) is 53.9 Å². The lowest BCUT2D eigenvalue weighted by Gasteiger charge is -2.23. The van der Waals surface area contributed by atoms with Crippen LogP contribution in [0.5, 0.6) is 5.75 Å². The van der Waals surface area contributed by atoms with Crippen LogP contribution in [-0.4, -0.2) is 56.0 Å². The van der Waals surface area contributed by atoms with Gasteiger partial charge < -0.3 is 14.5 Å². The lowest BCUT2D eigenvalue weighted by atomic mass is 9.97. The maximum Gasteiger partial charge on any atom is 0.264 e. The number of carbonyl (C=O) groups is 1. The van der Waals surface area contributed by atoms with Gasteiger partial charge in [0, 0.05) is 36.6 Å². The van der Waals surface area contributed by atoms with Crippen LogP contribution in [0.4, 0.5) is 0 Å². The fourth-order valence-electron chi connectivity index (χ4n) is 4.03. The lowest BCUT2D eigenvalue weighted by molar-refractivity contribution is 0.0797. The zero-order valence-corrected chi connectivity index (χ0v) is 19.8. The maximum atomic E-state index is 12.8. The quantitative estimate of drug-likeness (QED) is 0.627. The summed E-state index contributed by atoms with van der Waals surface area (Å²) in [4.78, 5) is 19.1. The standard InChI is InChI=1S/C23H28N2O2S.C2H6/c1-16-14-21(28-22(16)23(26)25-10-4-5-11-25)18-6-7-19(20(15-18)27-3)17-8-12-24(2)13-9-17;1-2/h6-8,14-15H,4-5,9-13H2,1-3H3;1-2H3. The highest BCUT2D eigenvalue weighted by Gasteiger charge is 2.23. The van der Waals surface area contributed by atoms with Crippen molar-refractivity contribution in [1.29, 1.82) is 0 Å². The van der Waals surface area contributed by atoms with Crippen molar-refractivity contribution in [2.24, 2.45) is 0 Å². The van der Waals surface area contributed by atoms with Crippen LogP contribution >= 0.6 is 11.3 Å². The molecule has 0 N–H and O–H groups in total. The van der Waals surface area contributed by atoms with E-state index in [1.165, 1.54) is 11.1 Å². The van der Waals surface area contributed by atoms with Crippen LogP contribution in [0, 0.1) is 6.92 Å². The molecule has 2 aromatic rings. The number of benzene rings is 1. The Balaban J connectivity index is 0.00000124. The number of thiophene rings is 1. The van der Waals surface area contributed by atoms with E-state index in [1.807, 2.05) is 25.7 Å². The normalized spacial score (nSPS) is 16.7. The van der Waals surface area contributed by atoms with Crippen LogP contribution < -0.4 is 4.74 Å². The molecule has 0 unspecified atom stereocenters. The first kappa shape index (κ1) is 22.6. The van der Waals surface area contributed by atoms with E-state index in [-0.39, 0.29) is 5.91 Å². The summed E-state index contributed by atoms with van der Waals surface area (Å²) >= 11 is 1.60. The van der Waals surface area contributed by atoms with Crippen LogP contribution in [0.2, 0.25) is 0 Å². The number of likely N-dealkylation sites (tertiary alicyclic amines) is 1. The molecule has 0 radical (unpaired) electrons. The zero-order chi connectivity index (χ0) is 21.7. The molecule has 0 aliphatic carbocycles. The third-order valence-corrected chi connectivity index (χ3v) is 7.02. The monoisotopic (exact) mass is 426 g/mol. The maximum absolute atomic E-state index is 12.8. The fourth-order valence-corrected chi connectivity index (χ4v) is 5.16. The van der Waals surface area contributed by atoms with Gasteiger partial charge in [0.25, 0.3) is 5.91 Å². The Kier molecular flexibility index (Phi) is 7.73. The summed E-state index contributed by atoms with van der Waals surface area (Å²) in [5.41, 5.74) is 4.72. The molecule has 1 amide bonds. The third-order valence-electron chi connectivity index (χ3n) is 5.75. The van der Waals surface area contributed by atoms with E-state index >= 15 is 0 Å². The number of ether oxygens (including phenoxy) is 1. The van der Waals surface area contributed by atoms with Crippen LogP contribution in [-0.2, 0) is 0 Å². The van der Waals surface area contributed by atoms with E-state index in [4.69, 9.17) is 4.74 Å². The van der Waals surface area contributed by atoms with Crippen molar-refractivity contribution in [1.82, 2.24) is 9.80 Å². The summed E-state index contributed by atoms with van der Waals surface area (Å²) in [6.45, 7) is 9.87. The molecule has 2 aliphatic rings. The van der Waals surface area contributed by atoms with E-state index in [0.717, 1.165) is 72.1 Å². The fraction of sp³-hybridized carbons (Fsp3) is 0.480. The van der Waals surface area contributed by atoms with E-state index in [1.54, 1.807) is 18.4 Å². The van der Waals surface area contributed by atoms with Gasteiger partial charge in [0.2, 0.25) is 0 Å². The first-order valence-electron chi connectivity index (χ1n) is 11.0. The predicted octanol–water partition coefficient (Wildman–Crippen LogP) is 5.71. The molecule has 1 aromatic heterocycles. The van der Waals surface area contributed by atoms with Crippen molar-refractivity contribution in [3.05, 3.63) is 46.3 Å². The highest BCUT2D eigenvalue weighted by Crippen LogP contribution is 2.37. The Bertz CT molecular complexity index is 910. The van der Waals surface area contributed by atoms with E-state index in [2.05, 4.69) is 42.3 Å². The second-order valence-corrected chi connectivity index (χ2v) is 8.83. The number of aryl methyl sites for hydroxylation is 1. The van der Waals surface area contributed by atoms with Gasteiger partial charge in [-0.25, -0.2) is 0 Å². The van der Waals surface area contributed by atoms with Crippen LogP contribution in [0.3, 0.4) is 0 Å². The Morgan fingerprint density at radius 2 is 1.83 bits per heavy atom. The number of methoxy groups -OCH3 is 1. The molecule has 4 rings (SSSR count). The van der Waals surface area contributed by atoms with Gasteiger partial charge in [0.15, 0.2) is 0 Å². The van der Waals surface area contributed by atoms with E-state index in [9.17, 15) is 4.79 Å². The van der Waals surface area contributed by atoms with Crippen molar-refractivity contribution in [3.8, 4) is 16.2 Å². The zero-order valence-electron chi connectivity index (χ0n) is 19.0. The first-order valence-corrected chi connectivity index (χ1v) is 11.8. The number of amides is 1. The molecule has 0 saturated carbocycles. The Labute approximate surface area is 185 Å². The molecular formula is C25H34N2O2S. The molecular weight excluding hydrogens is 392 g/mol. The third kappa shape index (κ3) is 4.79. The topological polar surface area (TPSA) is 32.8 Å². The molecule has 3 heterocycles. The Morgan fingerprint density at radius 1 is 1.10 bits per heavy atom. The van der Waals surface area contributed by atoms with Crippen LogP contribution in [0.15, 0.2) is 30.3 Å². The SMILES string of the molecule is CC.COc1cc(-c2cc(C)c(C(=O)N3CCCC3)s2)ccc1C1=CCN(C)CC1. The molecule has 162 valence electrons. The van der Waals surface area contributed by atoms with Gasteiger partial charge in [-0.05, 0) is 62.1 Å².